The summed E-state index contributed by atoms with van der Waals surface area (Å²) in [7, 11) is -4.06. The summed E-state index contributed by atoms with van der Waals surface area (Å²) < 4.78 is 42.5. The molecule has 13 heteroatoms. The third kappa shape index (κ3) is 4.72. The number of nitrogens with one attached hydrogen (secondary N) is 1. The largest absolute Gasteiger partial charge is 0.489 e. The number of hydrogen-bond acceptors (Lipinski definition) is 10. The number of sulfonamides is 1. The first-order chi connectivity index (χ1) is 16.2. The molecule has 1 aliphatic heterocycles. The van der Waals surface area contributed by atoms with Gasteiger partial charge in [-0.15, -0.1) is 10.2 Å². The molecule has 12 nitrogen and oxygen atoms in total. The van der Waals surface area contributed by atoms with Gasteiger partial charge in [0.1, 0.15) is 29.4 Å². The van der Waals surface area contributed by atoms with Gasteiger partial charge in [-0.1, -0.05) is 0 Å². The van der Waals surface area contributed by atoms with E-state index >= 15 is 0 Å². The lowest BCUT2D eigenvalue weighted by molar-refractivity contribution is 0.00152. The number of nitrogens with zero attached hydrogens (tertiary/aromatic N) is 6. The summed E-state index contributed by atoms with van der Waals surface area (Å²) >= 11 is 0. The second kappa shape index (κ2) is 9.60. The Bertz CT molecular complexity index is 1250. The lowest BCUT2D eigenvalue weighted by Gasteiger charge is -2.26. The molecule has 0 aliphatic carbocycles. The normalized spacial score (nSPS) is 17.3. The molecule has 4 rings (SSSR count). The van der Waals surface area contributed by atoms with Gasteiger partial charge in [-0.3, -0.25) is 9.29 Å². The summed E-state index contributed by atoms with van der Waals surface area (Å²) in [5.74, 6) is 0.958. The van der Waals surface area contributed by atoms with Gasteiger partial charge in [-0.25, -0.2) is 23.4 Å². The highest BCUT2D eigenvalue weighted by Gasteiger charge is 2.37. The fraction of sp³-hybridized carbons (Fsp3) is 0.476. The minimum atomic E-state index is -4.06. The molecule has 4 heterocycles. The van der Waals surface area contributed by atoms with Crippen LogP contribution in [0, 0.1) is 6.92 Å². The molecule has 0 saturated heterocycles. The van der Waals surface area contributed by atoms with Crippen molar-refractivity contribution in [2.24, 2.45) is 0 Å². The van der Waals surface area contributed by atoms with Crippen molar-refractivity contribution in [2.45, 2.75) is 51.2 Å². The molecule has 0 saturated carbocycles. The van der Waals surface area contributed by atoms with Crippen molar-refractivity contribution < 1.29 is 23.0 Å². The highest BCUT2D eigenvalue weighted by molar-refractivity contribution is 7.93. The Balaban J connectivity index is 1.69. The maximum absolute atomic E-state index is 13.4. The van der Waals surface area contributed by atoms with E-state index in [0.717, 1.165) is 5.56 Å². The van der Waals surface area contributed by atoms with Gasteiger partial charge in [0, 0.05) is 18.6 Å². The Morgan fingerprint density at radius 3 is 2.65 bits per heavy atom. The quantitative estimate of drug-likeness (QED) is 0.477. The molecule has 2 unspecified atom stereocenters. The van der Waals surface area contributed by atoms with Gasteiger partial charge in [0.2, 0.25) is 16.0 Å². The van der Waals surface area contributed by atoms with Gasteiger partial charge in [-0.2, -0.15) is 0 Å². The molecule has 0 bridgehead atoms. The van der Waals surface area contributed by atoms with Crippen LogP contribution < -0.4 is 9.46 Å². The first-order valence-corrected chi connectivity index (χ1v) is 12.4. The van der Waals surface area contributed by atoms with Crippen molar-refractivity contribution in [3.63, 3.8) is 0 Å². The number of ether oxygens (including phenoxy) is 2. The number of aliphatic hydroxyl groups is 1. The topological polar surface area (TPSA) is 154 Å². The van der Waals surface area contributed by atoms with Crippen LogP contribution in [0.4, 0.5) is 5.95 Å². The predicted octanol–water partition coefficient (Wildman–Crippen LogP) is 1.66. The van der Waals surface area contributed by atoms with Gasteiger partial charge in [-0.05, 0) is 45.4 Å². The second-order valence-corrected chi connectivity index (χ2v) is 10.3. The van der Waals surface area contributed by atoms with Crippen molar-refractivity contribution in [3.05, 3.63) is 42.1 Å². The van der Waals surface area contributed by atoms with E-state index in [0.29, 0.717) is 11.4 Å². The lowest BCUT2D eigenvalue weighted by Crippen LogP contribution is -2.35. The number of pyridine rings is 1. The number of anilines is 1. The van der Waals surface area contributed by atoms with E-state index in [-0.39, 0.29) is 36.9 Å². The molecule has 1 aliphatic rings. The Morgan fingerprint density at radius 2 is 1.97 bits per heavy atom. The van der Waals surface area contributed by atoms with Gasteiger partial charge < -0.3 is 14.6 Å². The van der Waals surface area contributed by atoms with Gasteiger partial charge in [0.15, 0.2) is 11.6 Å². The fourth-order valence-corrected chi connectivity index (χ4v) is 4.64. The third-order valence-corrected chi connectivity index (χ3v) is 7.00. The molecule has 0 amide bonds. The van der Waals surface area contributed by atoms with E-state index in [1.165, 1.54) is 11.5 Å². The van der Waals surface area contributed by atoms with E-state index in [9.17, 15) is 13.5 Å². The lowest BCUT2D eigenvalue weighted by atomic mass is 10.2. The van der Waals surface area contributed by atoms with Crippen molar-refractivity contribution in [1.29, 1.82) is 0 Å². The van der Waals surface area contributed by atoms with E-state index in [2.05, 4.69) is 29.9 Å². The van der Waals surface area contributed by atoms with Gasteiger partial charge in [0.25, 0.3) is 0 Å². The zero-order valence-electron chi connectivity index (χ0n) is 19.3. The third-order valence-electron chi connectivity index (χ3n) is 5.31. The molecule has 182 valence electrons. The number of fused-ring (bicyclic) bond motifs is 3. The highest BCUT2D eigenvalue weighted by atomic mass is 32.2. The van der Waals surface area contributed by atoms with Crippen molar-refractivity contribution >= 4 is 16.0 Å². The molecule has 0 spiro atoms. The van der Waals surface area contributed by atoms with Gasteiger partial charge in [0.05, 0.1) is 18.8 Å². The van der Waals surface area contributed by atoms with E-state index in [1.54, 1.807) is 30.7 Å². The molecule has 34 heavy (non-hydrogen) atoms. The number of aromatic nitrogens is 6. The fourth-order valence-electron chi connectivity index (χ4n) is 3.55. The van der Waals surface area contributed by atoms with Crippen LogP contribution in [-0.4, -0.2) is 67.8 Å². The van der Waals surface area contributed by atoms with Crippen molar-refractivity contribution in [1.82, 2.24) is 29.7 Å². The highest BCUT2D eigenvalue weighted by Crippen LogP contribution is 2.35. The molecular formula is C21H27N7O5S. The van der Waals surface area contributed by atoms with Crippen LogP contribution in [0.5, 0.6) is 5.75 Å². The second-order valence-electron chi connectivity index (χ2n) is 8.29. The van der Waals surface area contributed by atoms with Crippen LogP contribution in [-0.2, 0) is 14.8 Å². The minimum Gasteiger partial charge on any atom is -0.489 e. The zero-order valence-corrected chi connectivity index (χ0v) is 20.1. The molecular weight excluding hydrogens is 462 g/mol. The summed E-state index contributed by atoms with van der Waals surface area (Å²) in [5, 5.41) is 17.1. The first kappa shape index (κ1) is 24.0. The average Bonchev–Trinajstić information content (AvgIpc) is 3.12. The van der Waals surface area contributed by atoms with Crippen LogP contribution in [0.15, 0.2) is 30.7 Å². The summed E-state index contributed by atoms with van der Waals surface area (Å²) in [4.78, 5) is 12.9. The summed E-state index contributed by atoms with van der Waals surface area (Å²) in [6, 6.07) is 2.81. The summed E-state index contributed by atoms with van der Waals surface area (Å²) in [6.07, 6.45) is 3.60. The molecule has 3 atom stereocenters. The standard InChI is InChI=1S/C21H27N7O5S/c1-12(2)33-18(19-23-8-13(3)9-24-19)14(4)34(30,31)27-21-26-25-20-17-16(6-5-7-22-17)32-11-15(10-29)28(20)21/h5-9,12,14-15,18,29H,10-11H2,1-4H3,(H,26,27)/t14?,15-,18?/m1/s1. The maximum Gasteiger partial charge on any atom is 0.240 e. The number of hydrogen-bond donors (Lipinski definition) is 2. The van der Waals surface area contributed by atoms with Crippen molar-refractivity contribution in [2.75, 3.05) is 17.9 Å². The monoisotopic (exact) mass is 489 g/mol. The van der Waals surface area contributed by atoms with Gasteiger partial charge >= 0.3 is 0 Å². The van der Waals surface area contributed by atoms with Crippen LogP contribution in [0.3, 0.4) is 0 Å². The predicted molar refractivity (Wildman–Crippen MR) is 123 cm³/mol. The number of aryl methyl sites for hydroxylation is 1. The first-order valence-electron chi connectivity index (χ1n) is 10.8. The molecule has 0 radical (unpaired) electrons. The molecule has 3 aromatic rings. The Morgan fingerprint density at radius 1 is 1.24 bits per heavy atom. The maximum atomic E-state index is 13.4. The average molecular weight is 490 g/mol. The minimum absolute atomic E-state index is 0.0591. The SMILES string of the molecule is Cc1cnc(C(OC(C)C)C(C)S(=O)(=O)Nc2nnc3n2[C@H](CO)COc2cccnc2-3)nc1. The van der Waals surface area contributed by atoms with Crippen LogP contribution in [0.25, 0.3) is 11.5 Å². The van der Waals surface area contributed by atoms with Crippen LogP contribution in [0.2, 0.25) is 0 Å². The molecule has 0 fully saturated rings. The number of rotatable bonds is 8. The molecule has 0 aromatic carbocycles. The van der Waals surface area contributed by atoms with Crippen molar-refractivity contribution in [3.8, 4) is 17.3 Å². The summed E-state index contributed by atoms with van der Waals surface area (Å²) in [6.45, 7) is 6.74. The van der Waals surface area contributed by atoms with Crippen LogP contribution >= 0.6 is 0 Å². The number of aliphatic hydroxyl groups excluding tert-OH is 1. The Hall–Kier alpha value is -3.16. The van der Waals surface area contributed by atoms with E-state index in [4.69, 9.17) is 9.47 Å². The Labute approximate surface area is 197 Å². The van der Waals surface area contributed by atoms with E-state index < -0.39 is 27.4 Å². The molecule has 2 N–H and O–H groups in total. The van der Waals surface area contributed by atoms with Crippen LogP contribution in [0.1, 0.15) is 44.3 Å². The summed E-state index contributed by atoms with van der Waals surface area (Å²) in [5.41, 5.74) is 1.25. The Kier molecular flexibility index (Phi) is 6.77. The van der Waals surface area contributed by atoms with E-state index in [1.807, 2.05) is 20.8 Å². The zero-order chi connectivity index (χ0) is 24.5. The molecule has 3 aromatic heterocycles. The smallest absolute Gasteiger partial charge is 0.240 e.